The molecule has 0 aliphatic carbocycles. The number of hydrogen-bond acceptors (Lipinski definition) is 1. The Morgan fingerprint density at radius 1 is 1.11 bits per heavy atom. The molecule has 0 bridgehead atoms. The third-order valence-corrected chi connectivity index (χ3v) is 3.39. The highest BCUT2D eigenvalue weighted by Crippen LogP contribution is 2.23. The molecule has 0 spiro atoms. The summed E-state index contributed by atoms with van der Waals surface area (Å²) in [7, 11) is 0. The second-order valence-corrected chi connectivity index (χ2v) is 5.14. The van der Waals surface area contributed by atoms with Gasteiger partial charge in [-0.25, -0.2) is 0 Å². The van der Waals surface area contributed by atoms with Crippen molar-refractivity contribution in [2.24, 2.45) is 0 Å². The maximum atomic E-state index is 3.90. The summed E-state index contributed by atoms with van der Waals surface area (Å²) in [6.07, 6.45) is 0. The Morgan fingerprint density at radius 2 is 1.56 bits per heavy atom. The Hall–Kier alpha value is -0.690. The lowest BCUT2D eigenvalue weighted by Crippen LogP contribution is -1.96. The minimum atomic E-state index is 0.609. The van der Waals surface area contributed by atoms with Gasteiger partial charge in [-0.15, -0.1) is 11.8 Å². The molecule has 104 valence electrons. The number of rotatable bonds is 4. The summed E-state index contributed by atoms with van der Waals surface area (Å²) < 4.78 is 0. The van der Waals surface area contributed by atoms with Gasteiger partial charge in [-0.1, -0.05) is 71.0 Å². The van der Waals surface area contributed by atoms with E-state index in [0.717, 1.165) is 5.75 Å². The molecule has 1 aromatic rings. The molecule has 1 unspecified atom stereocenters. The molecule has 18 heavy (non-hydrogen) atoms. The van der Waals surface area contributed by atoms with Crippen molar-refractivity contribution in [1.29, 1.82) is 0 Å². The van der Waals surface area contributed by atoms with Gasteiger partial charge in [0.15, 0.2) is 0 Å². The van der Waals surface area contributed by atoms with E-state index in [1.54, 1.807) is 0 Å². The van der Waals surface area contributed by atoms with Gasteiger partial charge in [0.25, 0.3) is 0 Å². The molecule has 1 rings (SSSR count). The number of thioether (sulfide) groups is 1. The zero-order valence-corrected chi connectivity index (χ0v) is 14.0. The van der Waals surface area contributed by atoms with Crippen molar-refractivity contribution in [3.05, 3.63) is 46.9 Å². The maximum absolute atomic E-state index is 3.90. The predicted molar refractivity (Wildman–Crippen MR) is 89.6 cm³/mol. The lowest BCUT2D eigenvalue weighted by molar-refractivity contribution is 0.881. The molecular weight excluding hydrogens is 236 g/mol. The fourth-order valence-electron chi connectivity index (χ4n) is 1.26. The van der Waals surface area contributed by atoms with Gasteiger partial charge in [0.05, 0.1) is 0 Å². The minimum Gasteiger partial charge on any atom is -0.131 e. The van der Waals surface area contributed by atoms with E-state index in [1.165, 1.54) is 16.0 Å². The Labute approximate surface area is 119 Å². The maximum Gasteiger partial charge on any atom is 0.00428 e. The van der Waals surface area contributed by atoms with Gasteiger partial charge in [0.1, 0.15) is 0 Å². The summed E-state index contributed by atoms with van der Waals surface area (Å²) >= 11 is 1.84. The summed E-state index contributed by atoms with van der Waals surface area (Å²) in [6.45, 7) is 18.3. The molecule has 0 fully saturated rings. The largest absolute Gasteiger partial charge is 0.131 e. The average molecular weight is 266 g/mol. The van der Waals surface area contributed by atoms with Gasteiger partial charge in [-0.2, -0.15) is 0 Å². The van der Waals surface area contributed by atoms with Crippen molar-refractivity contribution in [1.82, 2.24) is 0 Å². The van der Waals surface area contributed by atoms with Gasteiger partial charge in [-0.3, -0.25) is 0 Å². The Kier molecular flexibility index (Phi) is 13.9. The van der Waals surface area contributed by atoms with Crippen LogP contribution < -0.4 is 0 Å². The first-order valence-corrected chi connectivity index (χ1v) is 7.93. The first kappa shape index (κ1) is 19.6. The molecule has 1 aromatic carbocycles. The summed E-state index contributed by atoms with van der Waals surface area (Å²) in [5.74, 6) is 1.73. The predicted octanol–water partition coefficient (Wildman–Crippen LogP) is 6.42. The van der Waals surface area contributed by atoms with Crippen molar-refractivity contribution in [3.8, 4) is 0 Å². The Morgan fingerprint density at radius 3 is 1.94 bits per heavy atom. The number of hydrogen-bond donors (Lipinski definition) is 0. The molecule has 0 aromatic heterocycles. The van der Waals surface area contributed by atoms with Crippen molar-refractivity contribution < 1.29 is 0 Å². The van der Waals surface area contributed by atoms with Gasteiger partial charge in [0, 0.05) is 5.75 Å². The van der Waals surface area contributed by atoms with E-state index in [0.29, 0.717) is 5.92 Å². The van der Waals surface area contributed by atoms with E-state index >= 15 is 0 Å². The molecule has 1 atom stereocenters. The van der Waals surface area contributed by atoms with Crippen molar-refractivity contribution >= 4 is 11.8 Å². The molecule has 0 radical (unpaired) electrons. The zero-order valence-electron chi connectivity index (χ0n) is 13.2. The van der Waals surface area contributed by atoms with Crippen molar-refractivity contribution in [3.63, 3.8) is 0 Å². The highest BCUT2D eigenvalue weighted by Gasteiger charge is 2.04. The van der Waals surface area contributed by atoms with Crippen LogP contribution in [0.1, 0.15) is 58.6 Å². The van der Waals surface area contributed by atoms with E-state index in [1.807, 2.05) is 39.5 Å². The third kappa shape index (κ3) is 9.35. The van der Waals surface area contributed by atoms with Crippen LogP contribution in [0.15, 0.2) is 35.7 Å². The molecule has 0 aliphatic heterocycles. The molecule has 0 amide bonds. The fraction of sp³-hybridized carbons (Fsp3) is 0.529. The van der Waals surface area contributed by atoms with Crippen LogP contribution >= 0.6 is 11.8 Å². The minimum absolute atomic E-state index is 0.609. The molecule has 0 nitrogen and oxygen atoms in total. The fourth-order valence-corrected chi connectivity index (χ4v) is 1.99. The molecule has 0 saturated carbocycles. The van der Waals surface area contributed by atoms with E-state index in [-0.39, 0.29) is 0 Å². The first-order chi connectivity index (χ1) is 8.59. The monoisotopic (exact) mass is 266 g/mol. The summed E-state index contributed by atoms with van der Waals surface area (Å²) in [6, 6.07) is 8.80. The number of aryl methyl sites for hydroxylation is 1. The second kappa shape index (κ2) is 12.8. The van der Waals surface area contributed by atoms with Crippen LogP contribution in [0.3, 0.4) is 0 Å². The third-order valence-electron chi connectivity index (χ3n) is 2.23. The quantitative estimate of drug-likeness (QED) is 0.606. The van der Waals surface area contributed by atoms with Crippen LogP contribution in [-0.2, 0) is 0 Å². The standard InChI is InChI=1S/C13H18S.2C2H6/c1-10(2)14-9-12(4)13-7-5-11(3)6-8-13;2*1-2/h5-8,12H,1,9H2,2-4H3;2*1-2H3. The van der Waals surface area contributed by atoms with E-state index in [9.17, 15) is 0 Å². The summed E-state index contributed by atoms with van der Waals surface area (Å²) in [5.41, 5.74) is 2.75. The molecule has 0 heterocycles. The van der Waals surface area contributed by atoms with E-state index < -0.39 is 0 Å². The average Bonchev–Trinajstić information content (AvgIpc) is 2.41. The first-order valence-electron chi connectivity index (χ1n) is 6.94. The number of allylic oxidation sites excluding steroid dienone is 1. The van der Waals surface area contributed by atoms with Crippen LogP contribution in [0, 0.1) is 6.92 Å². The molecule has 0 saturated heterocycles. The summed E-state index contributed by atoms with van der Waals surface area (Å²) in [4.78, 5) is 1.20. The smallest absolute Gasteiger partial charge is 0.00428 e. The van der Waals surface area contributed by atoms with Crippen molar-refractivity contribution in [2.45, 2.75) is 54.4 Å². The molecule has 0 N–H and O–H groups in total. The van der Waals surface area contributed by atoms with Crippen LogP contribution in [0.2, 0.25) is 0 Å². The molecule has 1 heteroatoms. The molecular formula is C17H30S. The van der Waals surface area contributed by atoms with Crippen LogP contribution in [0.25, 0.3) is 0 Å². The van der Waals surface area contributed by atoms with Gasteiger partial charge in [-0.05, 0) is 30.2 Å². The highest BCUT2D eigenvalue weighted by molar-refractivity contribution is 8.03. The van der Waals surface area contributed by atoms with Crippen LogP contribution in [-0.4, -0.2) is 5.75 Å². The summed E-state index contributed by atoms with van der Waals surface area (Å²) in [5, 5.41) is 0. The van der Waals surface area contributed by atoms with Crippen LogP contribution in [0.5, 0.6) is 0 Å². The lowest BCUT2D eigenvalue weighted by atomic mass is 10.0. The van der Waals surface area contributed by atoms with Gasteiger partial charge in [0.2, 0.25) is 0 Å². The lowest BCUT2D eigenvalue weighted by Gasteiger charge is -2.11. The topological polar surface area (TPSA) is 0 Å². The van der Waals surface area contributed by atoms with E-state index in [4.69, 9.17) is 0 Å². The second-order valence-electron chi connectivity index (χ2n) is 3.82. The molecule has 0 aliphatic rings. The SMILES string of the molecule is C=C(C)SCC(C)c1ccc(C)cc1.CC.CC. The van der Waals surface area contributed by atoms with Crippen molar-refractivity contribution in [2.75, 3.05) is 5.75 Å². The highest BCUT2D eigenvalue weighted by atomic mass is 32.2. The van der Waals surface area contributed by atoms with Gasteiger partial charge < -0.3 is 0 Å². The van der Waals surface area contributed by atoms with Crippen LogP contribution in [0.4, 0.5) is 0 Å². The van der Waals surface area contributed by atoms with E-state index in [2.05, 4.69) is 51.6 Å². The number of benzene rings is 1. The normalized spacial score (nSPS) is 10.4. The Balaban J connectivity index is 0. The van der Waals surface area contributed by atoms with Gasteiger partial charge >= 0.3 is 0 Å². The zero-order chi connectivity index (χ0) is 14.6. The Bertz CT molecular complexity index is 298.